The number of aliphatic hydroxyl groups is 1. The Morgan fingerprint density at radius 2 is 1.90 bits per heavy atom. The molecule has 6 heterocycles. The molecule has 212 valence electrons. The number of fused-ring (bicyclic) bond motifs is 4. The third kappa shape index (κ3) is 3.27. The number of amides is 2. The Hall–Kier alpha value is -1.79. The second-order valence-electron chi connectivity index (χ2n) is 10.5. The molecule has 8 unspecified atom stereocenters. The van der Waals surface area contributed by atoms with Gasteiger partial charge >= 0.3 is 0 Å². The van der Waals surface area contributed by atoms with Gasteiger partial charge in [0.15, 0.2) is 30.0 Å². The molecule has 0 aromatic carbocycles. The molecule has 0 bridgehead atoms. The Morgan fingerprint density at radius 3 is 2.55 bits per heavy atom. The number of H-pyrrole nitrogens is 1. The molecule has 9 N–H and O–H groups in total. The maximum absolute atomic E-state index is 14.0. The molecule has 2 amide bonds. The third-order valence-electron chi connectivity index (χ3n) is 8.76. The van der Waals surface area contributed by atoms with Crippen molar-refractivity contribution in [3.8, 4) is 0 Å². The first-order valence-electron chi connectivity index (χ1n) is 12.2. The van der Waals surface area contributed by atoms with Crippen LogP contribution in [0.4, 0.5) is 0 Å². The molecule has 1 saturated carbocycles. The zero-order valence-corrected chi connectivity index (χ0v) is 27.2. The van der Waals surface area contributed by atoms with E-state index in [1.54, 1.807) is 21.6 Å². The Bertz CT molecular complexity index is 1540. The number of aromatic nitrogens is 2. The van der Waals surface area contributed by atoms with Crippen molar-refractivity contribution in [3.63, 3.8) is 0 Å². The molecular formula is C22H21Br4ClN10O3. The number of aliphatic hydroxyl groups excluding tert-OH is 1. The predicted molar refractivity (Wildman–Crippen MR) is 160 cm³/mol. The summed E-state index contributed by atoms with van der Waals surface area (Å²) in [7, 11) is 0. The summed E-state index contributed by atoms with van der Waals surface area (Å²) in [6.45, 7) is 0.439. The molecule has 2 aromatic heterocycles. The van der Waals surface area contributed by atoms with Crippen LogP contribution in [0.15, 0.2) is 40.3 Å². The van der Waals surface area contributed by atoms with Gasteiger partial charge in [-0.2, -0.15) is 0 Å². The van der Waals surface area contributed by atoms with Gasteiger partial charge in [0.05, 0.1) is 18.9 Å². The number of hydrogen-bond donors (Lipinski definition) is 7. The SMILES string of the molecule is NC1=NC(O)C2(N1)C(Cl)C(CNC(=O)c1cc(Br)c(Br)[nH]1)C1CN3C(=O)c4cc(Br)c(Br)n4C4N=C(N)NC43C12. The average Bonchev–Trinajstić information content (AvgIpc) is 3.69. The van der Waals surface area contributed by atoms with Gasteiger partial charge in [0.2, 0.25) is 0 Å². The van der Waals surface area contributed by atoms with Crippen LogP contribution in [0.1, 0.15) is 27.1 Å². The van der Waals surface area contributed by atoms with Gasteiger partial charge in [-0.05, 0) is 81.8 Å². The number of nitrogens with two attached hydrogens (primary N) is 2. The average molecular weight is 829 g/mol. The first kappa shape index (κ1) is 27.1. The highest BCUT2D eigenvalue weighted by Crippen LogP contribution is 2.64. The van der Waals surface area contributed by atoms with Crippen molar-refractivity contribution < 1.29 is 14.7 Å². The van der Waals surface area contributed by atoms with E-state index in [9.17, 15) is 14.7 Å². The first-order chi connectivity index (χ1) is 18.9. The lowest BCUT2D eigenvalue weighted by molar-refractivity contribution is -0.0274. The van der Waals surface area contributed by atoms with Crippen LogP contribution in [0.5, 0.6) is 0 Å². The lowest BCUT2D eigenvalue weighted by Crippen LogP contribution is -2.74. The molecule has 4 aliphatic heterocycles. The fourth-order valence-electron chi connectivity index (χ4n) is 7.39. The van der Waals surface area contributed by atoms with Crippen molar-refractivity contribution in [2.45, 2.75) is 29.0 Å². The first-order valence-corrected chi connectivity index (χ1v) is 15.8. The molecule has 13 nitrogen and oxygen atoms in total. The topological polar surface area (TPSA) is 191 Å². The molecule has 40 heavy (non-hydrogen) atoms. The van der Waals surface area contributed by atoms with Gasteiger partial charge in [-0.25, -0.2) is 9.98 Å². The van der Waals surface area contributed by atoms with Gasteiger partial charge in [0.25, 0.3) is 11.8 Å². The van der Waals surface area contributed by atoms with Crippen LogP contribution in [0.3, 0.4) is 0 Å². The summed E-state index contributed by atoms with van der Waals surface area (Å²) in [5.41, 5.74) is 10.7. The maximum Gasteiger partial charge on any atom is 0.272 e. The van der Waals surface area contributed by atoms with Crippen LogP contribution >= 0.6 is 75.3 Å². The molecule has 2 fully saturated rings. The van der Waals surface area contributed by atoms with E-state index in [0.29, 0.717) is 29.5 Å². The number of nitrogens with one attached hydrogen (secondary N) is 4. The minimum absolute atomic E-state index is 0.0358. The summed E-state index contributed by atoms with van der Waals surface area (Å²) in [4.78, 5) is 40.7. The number of nitrogens with zero attached hydrogens (tertiary/aromatic N) is 4. The predicted octanol–water partition coefficient (Wildman–Crippen LogP) is 1.32. The Kier molecular flexibility index (Phi) is 5.99. The van der Waals surface area contributed by atoms with E-state index >= 15 is 0 Å². The summed E-state index contributed by atoms with van der Waals surface area (Å²) in [5.74, 6) is -1.65. The number of aromatic amines is 1. The Morgan fingerprint density at radius 1 is 1.18 bits per heavy atom. The normalized spacial score (nSPS) is 37.0. The highest BCUT2D eigenvalue weighted by Gasteiger charge is 2.79. The summed E-state index contributed by atoms with van der Waals surface area (Å²) in [6.07, 6.45) is -2.01. The number of alkyl halides is 1. The summed E-state index contributed by atoms with van der Waals surface area (Å²) >= 11 is 21.1. The third-order valence-corrected chi connectivity index (χ3v) is 13.2. The fourth-order valence-corrected chi connectivity index (χ4v) is 9.54. The quantitative estimate of drug-likeness (QED) is 0.227. The van der Waals surface area contributed by atoms with Gasteiger partial charge < -0.3 is 47.0 Å². The maximum atomic E-state index is 14.0. The van der Waals surface area contributed by atoms with Crippen molar-refractivity contribution >= 4 is 99.1 Å². The van der Waals surface area contributed by atoms with Gasteiger partial charge in [-0.15, -0.1) is 11.6 Å². The van der Waals surface area contributed by atoms with Gasteiger partial charge in [-0.3, -0.25) is 9.59 Å². The molecule has 8 atom stereocenters. The van der Waals surface area contributed by atoms with Crippen LogP contribution in [0, 0.1) is 17.8 Å². The van der Waals surface area contributed by atoms with E-state index in [2.05, 4.69) is 89.6 Å². The van der Waals surface area contributed by atoms with E-state index in [0.717, 1.165) is 0 Å². The van der Waals surface area contributed by atoms with Crippen LogP contribution in [0.25, 0.3) is 0 Å². The lowest BCUT2D eigenvalue weighted by atomic mass is 9.73. The van der Waals surface area contributed by atoms with E-state index in [1.165, 1.54) is 0 Å². The summed E-state index contributed by atoms with van der Waals surface area (Å²) < 4.78 is 4.45. The monoisotopic (exact) mass is 824 g/mol. The van der Waals surface area contributed by atoms with Crippen LogP contribution in [0.2, 0.25) is 0 Å². The molecule has 1 aliphatic carbocycles. The number of hydrogen-bond acceptors (Lipinski definition) is 9. The summed E-state index contributed by atoms with van der Waals surface area (Å²) in [5, 5.41) is 20.1. The van der Waals surface area contributed by atoms with Crippen molar-refractivity contribution in [2.24, 2.45) is 39.2 Å². The van der Waals surface area contributed by atoms with E-state index in [4.69, 9.17) is 28.1 Å². The van der Waals surface area contributed by atoms with E-state index < -0.39 is 40.8 Å². The highest BCUT2D eigenvalue weighted by atomic mass is 79.9. The Balaban J connectivity index is 1.33. The van der Waals surface area contributed by atoms with Crippen molar-refractivity contribution in [1.82, 2.24) is 30.4 Å². The second-order valence-corrected chi connectivity index (χ2v) is 14.2. The van der Waals surface area contributed by atoms with Crippen molar-refractivity contribution in [3.05, 3.63) is 41.7 Å². The number of carbonyl (C=O) groups excluding carboxylic acids is 2. The highest BCUT2D eigenvalue weighted by molar-refractivity contribution is 9.13. The largest absolute Gasteiger partial charge is 0.370 e. The van der Waals surface area contributed by atoms with Crippen molar-refractivity contribution in [2.75, 3.05) is 13.1 Å². The second kappa shape index (κ2) is 8.86. The van der Waals surface area contributed by atoms with Gasteiger partial charge in [0.1, 0.15) is 21.5 Å². The standard InChI is InChI=1S/C22H21Br4ClN10O3/c23-7-1-9(31-13(7)25)15(38)30-3-5-6-4-36-16(39)10-2-8(24)14(26)37(10)17-22(36,35-19(28)32-17)11(6)21(12(5)27)18(40)33-20(29)34-21/h1-2,5-6,11-12,17-18,31,40H,3-4H2,(H,30,38)(H3,28,32,35)(H3,29,33,34). The minimum Gasteiger partial charge on any atom is -0.370 e. The van der Waals surface area contributed by atoms with Crippen LogP contribution in [-0.4, -0.2) is 79.2 Å². The Labute approximate surface area is 265 Å². The lowest BCUT2D eigenvalue weighted by Gasteiger charge is -2.51. The number of guanidine groups is 2. The molecule has 0 radical (unpaired) electrons. The zero-order chi connectivity index (χ0) is 28.5. The molecule has 18 heteroatoms. The molecular weight excluding hydrogens is 807 g/mol. The molecule has 1 saturated heterocycles. The number of aliphatic imine (C=N–C) groups is 2. The number of rotatable bonds is 3. The fraction of sp³-hybridized carbons (Fsp3) is 0.455. The van der Waals surface area contributed by atoms with E-state index in [1.807, 2.05) is 0 Å². The van der Waals surface area contributed by atoms with E-state index in [-0.39, 0.29) is 42.7 Å². The minimum atomic E-state index is -1.33. The van der Waals surface area contributed by atoms with Crippen LogP contribution in [-0.2, 0) is 0 Å². The van der Waals surface area contributed by atoms with Crippen LogP contribution < -0.4 is 27.4 Å². The van der Waals surface area contributed by atoms with Crippen molar-refractivity contribution in [1.29, 1.82) is 0 Å². The summed E-state index contributed by atoms with van der Waals surface area (Å²) in [6, 6.07) is 3.40. The number of halogens is 5. The molecule has 7 rings (SSSR count). The van der Waals surface area contributed by atoms with Gasteiger partial charge in [0, 0.05) is 24.9 Å². The molecule has 2 aromatic rings. The molecule has 2 spiro atoms. The van der Waals surface area contributed by atoms with Gasteiger partial charge in [-0.1, -0.05) is 0 Å². The molecule has 5 aliphatic rings. The number of carbonyl (C=O) groups is 2. The zero-order valence-electron chi connectivity index (χ0n) is 20.1. The smallest absolute Gasteiger partial charge is 0.272 e.